The first-order chi connectivity index (χ1) is 7.90. The van der Waals surface area contributed by atoms with Crippen molar-refractivity contribution in [3.63, 3.8) is 0 Å². The molecule has 1 saturated carbocycles. The summed E-state index contributed by atoms with van der Waals surface area (Å²) in [7, 11) is 1.99. The Morgan fingerprint density at radius 3 is 2.94 bits per heavy atom. The molecule has 0 radical (unpaired) electrons. The summed E-state index contributed by atoms with van der Waals surface area (Å²) in [5, 5.41) is 3.19. The van der Waals surface area contributed by atoms with Gasteiger partial charge in [0.2, 0.25) is 0 Å². The minimum atomic E-state index is 0.708. The van der Waals surface area contributed by atoms with Gasteiger partial charge in [-0.3, -0.25) is 0 Å². The minimum Gasteiger partial charge on any atom is -0.325 e. The van der Waals surface area contributed by atoms with Crippen LogP contribution in [0.5, 0.6) is 0 Å². The van der Waals surface area contributed by atoms with Gasteiger partial charge in [-0.1, -0.05) is 12.1 Å². The van der Waals surface area contributed by atoms with Gasteiger partial charge in [-0.25, -0.2) is 4.98 Å². The minimum absolute atomic E-state index is 0.708. The van der Waals surface area contributed by atoms with Crippen LogP contribution >= 0.6 is 0 Å². The van der Waals surface area contributed by atoms with Crippen molar-refractivity contribution < 1.29 is 0 Å². The first kappa shape index (κ1) is 9.85. The van der Waals surface area contributed by atoms with Crippen LogP contribution in [0.3, 0.4) is 0 Å². The lowest BCUT2D eigenvalue weighted by molar-refractivity contribution is 0.670. The number of imidazole rings is 1. The Morgan fingerprint density at radius 2 is 2.19 bits per heavy atom. The lowest BCUT2D eigenvalue weighted by Crippen LogP contribution is -2.13. The third kappa shape index (κ3) is 1.61. The number of nitrogens with zero attached hydrogens (tertiary/aromatic N) is 2. The SMILES string of the molecule is CNCCc1nc2ccccc2n1C1CC1. The molecule has 3 heteroatoms. The molecule has 0 saturated heterocycles. The predicted octanol–water partition coefficient (Wildman–Crippen LogP) is 2.13. The molecule has 1 aromatic heterocycles. The highest BCUT2D eigenvalue weighted by molar-refractivity contribution is 5.76. The maximum atomic E-state index is 4.73. The summed E-state index contributed by atoms with van der Waals surface area (Å²) in [5.41, 5.74) is 2.44. The second-order valence-electron chi connectivity index (χ2n) is 4.47. The van der Waals surface area contributed by atoms with E-state index in [2.05, 4.69) is 34.1 Å². The highest BCUT2D eigenvalue weighted by Crippen LogP contribution is 2.38. The molecule has 0 aliphatic heterocycles. The van der Waals surface area contributed by atoms with Gasteiger partial charge in [-0.15, -0.1) is 0 Å². The zero-order valence-electron chi connectivity index (χ0n) is 9.61. The van der Waals surface area contributed by atoms with Crippen LogP contribution < -0.4 is 5.32 Å². The van der Waals surface area contributed by atoms with E-state index in [4.69, 9.17) is 4.98 Å². The number of fused-ring (bicyclic) bond motifs is 1. The Bertz CT molecular complexity index is 497. The van der Waals surface area contributed by atoms with Crippen LogP contribution in [0, 0.1) is 0 Å². The van der Waals surface area contributed by atoms with Gasteiger partial charge < -0.3 is 9.88 Å². The molecule has 2 aromatic rings. The average Bonchev–Trinajstić information content (AvgIpc) is 3.07. The normalized spacial score (nSPS) is 15.8. The van der Waals surface area contributed by atoms with Crippen molar-refractivity contribution in [1.82, 2.24) is 14.9 Å². The van der Waals surface area contributed by atoms with Crippen LogP contribution in [0.4, 0.5) is 0 Å². The lowest BCUT2D eigenvalue weighted by atomic mass is 10.3. The third-order valence-electron chi connectivity index (χ3n) is 3.18. The number of aromatic nitrogens is 2. The Kier molecular flexibility index (Phi) is 2.40. The lowest BCUT2D eigenvalue weighted by Gasteiger charge is -2.06. The van der Waals surface area contributed by atoms with E-state index in [1.807, 2.05) is 7.05 Å². The molecule has 1 heterocycles. The van der Waals surface area contributed by atoms with Crippen molar-refractivity contribution in [2.45, 2.75) is 25.3 Å². The van der Waals surface area contributed by atoms with Crippen molar-refractivity contribution in [2.75, 3.05) is 13.6 Å². The van der Waals surface area contributed by atoms with Crippen molar-refractivity contribution >= 4 is 11.0 Å². The molecule has 16 heavy (non-hydrogen) atoms. The van der Waals surface area contributed by atoms with Crippen molar-refractivity contribution in [3.8, 4) is 0 Å². The Hall–Kier alpha value is -1.35. The van der Waals surface area contributed by atoms with Crippen molar-refractivity contribution in [1.29, 1.82) is 0 Å². The molecule has 0 spiro atoms. The highest BCUT2D eigenvalue weighted by atomic mass is 15.1. The molecule has 0 unspecified atom stereocenters. The van der Waals surface area contributed by atoms with Gasteiger partial charge in [0.1, 0.15) is 5.82 Å². The Labute approximate surface area is 95.5 Å². The van der Waals surface area contributed by atoms with Crippen LogP contribution in [0.25, 0.3) is 11.0 Å². The van der Waals surface area contributed by atoms with Crippen LogP contribution in [0.15, 0.2) is 24.3 Å². The molecule has 84 valence electrons. The number of benzene rings is 1. The first-order valence-corrected chi connectivity index (χ1v) is 6.00. The topological polar surface area (TPSA) is 29.9 Å². The molecule has 0 atom stereocenters. The van der Waals surface area contributed by atoms with Gasteiger partial charge in [0.15, 0.2) is 0 Å². The van der Waals surface area contributed by atoms with E-state index in [9.17, 15) is 0 Å². The van der Waals surface area contributed by atoms with Crippen LogP contribution in [-0.2, 0) is 6.42 Å². The monoisotopic (exact) mass is 215 g/mol. The number of hydrogen-bond donors (Lipinski definition) is 1. The number of hydrogen-bond acceptors (Lipinski definition) is 2. The van der Waals surface area contributed by atoms with Gasteiger partial charge in [0.25, 0.3) is 0 Å². The molecule has 1 aromatic carbocycles. The predicted molar refractivity (Wildman–Crippen MR) is 65.6 cm³/mol. The van der Waals surface area contributed by atoms with Gasteiger partial charge in [-0.2, -0.15) is 0 Å². The molecular weight excluding hydrogens is 198 g/mol. The third-order valence-corrected chi connectivity index (χ3v) is 3.18. The zero-order valence-corrected chi connectivity index (χ0v) is 9.61. The standard InChI is InChI=1S/C13H17N3/c1-14-9-8-13-15-11-4-2-3-5-12(11)16(13)10-6-7-10/h2-5,10,14H,6-9H2,1H3. The van der Waals surface area contributed by atoms with Gasteiger partial charge in [0.05, 0.1) is 11.0 Å². The molecule has 1 aliphatic rings. The summed E-state index contributed by atoms with van der Waals surface area (Å²) in [4.78, 5) is 4.73. The molecule has 0 amide bonds. The molecule has 1 aliphatic carbocycles. The smallest absolute Gasteiger partial charge is 0.111 e. The molecular formula is C13H17N3. The van der Waals surface area contributed by atoms with Gasteiger partial charge >= 0.3 is 0 Å². The van der Waals surface area contributed by atoms with Crippen LogP contribution in [0.2, 0.25) is 0 Å². The number of likely N-dealkylation sites (N-methyl/N-ethyl adjacent to an activating group) is 1. The van der Waals surface area contributed by atoms with E-state index >= 15 is 0 Å². The summed E-state index contributed by atoms with van der Waals surface area (Å²) in [5.74, 6) is 1.23. The van der Waals surface area contributed by atoms with Crippen molar-refractivity contribution in [3.05, 3.63) is 30.1 Å². The first-order valence-electron chi connectivity index (χ1n) is 6.00. The second-order valence-corrected chi connectivity index (χ2v) is 4.47. The summed E-state index contributed by atoms with van der Waals surface area (Å²) in [6.07, 6.45) is 3.64. The maximum absolute atomic E-state index is 4.73. The van der Waals surface area contributed by atoms with Crippen LogP contribution in [-0.4, -0.2) is 23.1 Å². The maximum Gasteiger partial charge on any atom is 0.111 e. The number of nitrogens with one attached hydrogen (secondary N) is 1. The average molecular weight is 215 g/mol. The fourth-order valence-corrected chi connectivity index (χ4v) is 2.25. The molecule has 0 bridgehead atoms. The highest BCUT2D eigenvalue weighted by Gasteiger charge is 2.27. The Morgan fingerprint density at radius 1 is 1.38 bits per heavy atom. The van der Waals surface area contributed by atoms with Crippen molar-refractivity contribution in [2.24, 2.45) is 0 Å². The molecule has 3 rings (SSSR count). The van der Waals surface area contributed by atoms with E-state index in [0.717, 1.165) is 18.5 Å². The summed E-state index contributed by atoms with van der Waals surface area (Å²) in [6.45, 7) is 0.996. The fraction of sp³-hybridized carbons (Fsp3) is 0.462. The van der Waals surface area contributed by atoms with E-state index in [1.54, 1.807) is 0 Å². The second kappa shape index (κ2) is 3.91. The van der Waals surface area contributed by atoms with E-state index < -0.39 is 0 Å². The van der Waals surface area contributed by atoms with Crippen LogP contribution in [0.1, 0.15) is 24.7 Å². The zero-order chi connectivity index (χ0) is 11.0. The van der Waals surface area contributed by atoms with Gasteiger partial charge in [-0.05, 0) is 32.0 Å². The molecule has 1 fully saturated rings. The largest absolute Gasteiger partial charge is 0.325 e. The number of para-hydroxylation sites is 2. The quantitative estimate of drug-likeness (QED) is 0.846. The van der Waals surface area contributed by atoms with Gasteiger partial charge in [0, 0.05) is 19.0 Å². The van der Waals surface area contributed by atoms with E-state index in [0.29, 0.717) is 6.04 Å². The van der Waals surface area contributed by atoms with E-state index in [1.165, 1.54) is 24.2 Å². The summed E-state index contributed by atoms with van der Waals surface area (Å²) in [6, 6.07) is 9.17. The molecule has 1 N–H and O–H groups in total. The number of rotatable bonds is 4. The summed E-state index contributed by atoms with van der Waals surface area (Å²) < 4.78 is 2.44. The van der Waals surface area contributed by atoms with E-state index in [-0.39, 0.29) is 0 Å². The Balaban J connectivity index is 2.07. The molecule has 3 nitrogen and oxygen atoms in total. The fourth-order valence-electron chi connectivity index (χ4n) is 2.25. The summed E-state index contributed by atoms with van der Waals surface area (Å²) >= 11 is 0.